The van der Waals surface area contributed by atoms with Gasteiger partial charge in [-0.15, -0.1) is 0 Å². The van der Waals surface area contributed by atoms with E-state index in [2.05, 4.69) is 74.5 Å². The van der Waals surface area contributed by atoms with Crippen LogP contribution in [0.15, 0.2) is 60.7 Å². The topological polar surface area (TPSA) is 81.8 Å². The van der Waals surface area contributed by atoms with Gasteiger partial charge in [-0.25, -0.2) is 20.4 Å². The van der Waals surface area contributed by atoms with Gasteiger partial charge in [0.2, 0.25) is 12.2 Å². The molecule has 0 fully saturated rings. The minimum Gasteiger partial charge on any atom is -0.222 e. The highest BCUT2D eigenvalue weighted by Crippen LogP contribution is 2.30. The Morgan fingerprint density at radius 1 is 0.714 bits per heavy atom. The summed E-state index contributed by atoms with van der Waals surface area (Å²) < 4.78 is 0. The molecule has 0 saturated carbocycles. The van der Waals surface area contributed by atoms with Crippen molar-refractivity contribution in [2.24, 2.45) is 0 Å². The molecule has 0 radical (unpaired) electrons. The Hall–Kier alpha value is -2.80. The fraction of sp³-hybridized carbons (Fsp3) is 0.176. The molecule has 0 heterocycles. The molecule has 0 aliphatic heterocycles. The lowest BCUT2D eigenvalue weighted by Crippen LogP contribution is -2.18. The smallest absolute Gasteiger partial charge is 0.222 e. The van der Waals surface area contributed by atoms with Crippen LogP contribution in [0.3, 0.4) is 0 Å². The first-order valence-electron chi connectivity index (χ1n) is 6.23. The molecule has 0 aromatic heterocycles. The first kappa shape index (κ1) is 18.2. The molecule has 2 N–H and O–H groups in total. The van der Waals surface area contributed by atoms with Crippen LogP contribution in [0, 0.1) is 10.8 Å². The van der Waals surface area contributed by atoms with Gasteiger partial charge in [-0.3, -0.25) is 0 Å². The molecule has 0 unspecified atom stereocenters. The molecule has 2 aromatic carbocycles. The van der Waals surface area contributed by atoms with Crippen molar-refractivity contribution >= 4 is 12.2 Å². The quantitative estimate of drug-likeness (QED) is 0.648. The summed E-state index contributed by atoms with van der Waals surface area (Å²) in [5.41, 5.74) is 2.80. The predicted octanol–water partition coefficient (Wildman–Crippen LogP) is 3.81. The first-order valence-corrected chi connectivity index (χ1v) is 6.23. The maximum Gasteiger partial charge on any atom is 0.231 e. The van der Waals surface area contributed by atoms with Crippen LogP contribution in [0.25, 0.3) is 0 Å². The van der Waals surface area contributed by atoms with Crippen LogP contribution in [0.2, 0.25) is 0 Å². The Kier molecular flexibility index (Phi) is 8.70. The summed E-state index contributed by atoms with van der Waals surface area (Å²) in [4.78, 5) is 16.7. The van der Waals surface area contributed by atoms with Crippen LogP contribution in [-0.2, 0) is 15.0 Å². The van der Waals surface area contributed by atoms with E-state index in [4.69, 9.17) is 20.4 Å². The molecule has 4 heteroatoms. The van der Waals surface area contributed by atoms with Crippen LogP contribution in [-0.4, -0.2) is 12.2 Å². The van der Waals surface area contributed by atoms with Crippen LogP contribution < -0.4 is 0 Å². The van der Waals surface area contributed by atoms with E-state index in [0.29, 0.717) is 0 Å². The van der Waals surface area contributed by atoms with Gasteiger partial charge in [-0.05, 0) is 11.1 Å². The Morgan fingerprint density at radius 2 is 0.952 bits per heavy atom. The highest BCUT2D eigenvalue weighted by atomic mass is 16.1. The Balaban J connectivity index is 0.000000578. The molecule has 4 nitrogen and oxygen atoms in total. The molecule has 0 bridgehead atoms. The Morgan fingerprint density at radius 3 is 1.19 bits per heavy atom. The van der Waals surface area contributed by atoms with Crippen molar-refractivity contribution in [2.45, 2.75) is 19.3 Å². The molecule has 21 heavy (non-hydrogen) atoms. The molecule has 0 spiro atoms. The molecule has 0 saturated heterocycles. The van der Waals surface area contributed by atoms with E-state index in [1.165, 1.54) is 11.1 Å². The van der Waals surface area contributed by atoms with Gasteiger partial charge < -0.3 is 0 Å². The summed E-state index contributed by atoms with van der Waals surface area (Å²) in [6, 6.07) is 21.3. The second-order valence-corrected chi connectivity index (χ2v) is 4.56. The lowest BCUT2D eigenvalue weighted by atomic mass is 9.78. The zero-order valence-electron chi connectivity index (χ0n) is 12.1. The monoisotopic (exact) mass is 282 g/mol. The second-order valence-electron chi connectivity index (χ2n) is 4.56. The zero-order valence-corrected chi connectivity index (χ0v) is 12.1. The number of isocyanates is 2. The normalized spacial score (nSPS) is 8.86. The van der Waals surface area contributed by atoms with E-state index < -0.39 is 0 Å². The highest BCUT2D eigenvalue weighted by molar-refractivity contribution is 5.36. The van der Waals surface area contributed by atoms with Crippen molar-refractivity contribution in [1.82, 2.24) is 0 Å². The van der Waals surface area contributed by atoms with Crippen molar-refractivity contribution in [3.05, 3.63) is 71.8 Å². The Labute approximate surface area is 124 Å². The molecule has 108 valence electrons. The molecule has 2 rings (SSSR count). The van der Waals surface area contributed by atoms with Gasteiger partial charge >= 0.3 is 0 Å². The van der Waals surface area contributed by atoms with Gasteiger partial charge in [-0.1, -0.05) is 74.5 Å². The number of benzene rings is 2. The minimum absolute atomic E-state index is 0.0858. The standard InChI is InChI=1S/C15H16.2CHNO/c1-15(2,13-9-5-3-6-10-13)14-11-7-4-8-12-14;2*2-1-3/h3-12H,1-2H3;2*2H. The van der Waals surface area contributed by atoms with Crippen LogP contribution in [0.4, 0.5) is 0 Å². The first-order chi connectivity index (χ1) is 10.0. The van der Waals surface area contributed by atoms with E-state index in [1.807, 2.05) is 0 Å². The van der Waals surface area contributed by atoms with E-state index in [0.717, 1.165) is 12.2 Å². The fourth-order valence-electron chi connectivity index (χ4n) is 1.88. The van der Waals surface area contributed by atoms with Gasteiger partial charge in [0.25, 0.3) is 0 Å². The lowest BCUT2D eigenvalue weighted by Gasteiger charge is -2.25. The summed E-state index contributed by atoms with van der Waals surface area (Å²) in [5, 5.41) is 10.8. The lowest BCUT2D eigenvalue weighted by molar-refractivity contribution is 0.562. The summed E-state index contributed by atoms with van der Waals surface area (Å²) >= 11 is 0. The maximum absolute atomic E-state index is 8.35. The maximum atomic E-state index is 8.35. The van der Waals surface area contributed by atoms with E-state index >= 15 is 0 Å². The largest absolute Gasteiger partial charge is 0.231 e. The van der Waals surface area contributed by atoms with Gasteiger partial charge in [-0.2, -0.15) is 0 Å². The van der Waals surface area contributed by atoms with Crippen LogP contribution in [0.1, 0.15) is 25.0 Å². The summed E-state index contributed by atoms with van der Waals surface area (Å²) in [6.45, 7) is 4.52. The zero-order chi connectivity index (χ0) is 16.1. The van der Waals surface area contributed by atoms with E-state index in [1.54, 1.807) is 0 Å². The fourth-order valence-corrected chi connectivity index (χ4v) is 1.88. The second kappa shape index (κ2) is 10.0. The molecular weight excluding hydrogens is 264 g/mol. The third-order valence-electron chi connectivity index (χ3n) is 2.99. The number of hydrogen-bond donors (Lipinski definition) is 2. The van der Waals surface area contributed by atoms with Crippen molar-refractivity contribution in [3.8, 4) is 0 Å². The average molecular weight is 282 g/mol. The van der Waals surface area contributed by atoms with E-state index in [-0.39, 0.29) is 5.41 Å². The van der Waals surface area contributed by atoms with Gasteiger partial charge in [0, 0.05) is 5.41 Å². The highest BCUT2D eigenvalue weighted by Gasteiger charge is 2.21. The molecular formula is C17H18N2O2. The van der Waals surface area contributed by atoms with Gasteiger partial charge in [0.05, 0.1) is 0 Å². The van der Waals surface area contributed by atoms with Crippen molar-refractivity contribution in [2.75, 3.05) is 0 Å². The molecule has 0 aliphatic carbocycles. The average Bonchev–Trinajstić information content (AvgIpc) is 2.51. The predicted molar refractivity (Wildman–Crippen MR) is 81.8 cm³/mol. The number of nitrogens with one attached hydrogen (secondary N) is 2. The van der Waals surface area contributed by atoms with E-state index in [9.17, 15) is 0 Å². The van der Waals surface area contributed by atoms with Crippen molar-refractivity contribution < 1.29 is 9.59 Å². The Bertz CT molecular complexity index is 527. The molecule has 0 atom stereocenters. The number of carbonyl (C=O) groups excluding carboxylic acids is 2. The summed E-state index contributed by atoms with van der Waals surface area (Å²) in [5.74, 6) is 0. The summed E-state index contributed by atoms with van der Waals surface area (Å²) in [6.07, 6.45) is 1.50. The molecule has 2 aromatic rings. The minimum atomic E-state index is 0.0858. The third-order valence-corrected chi connectivity index (χ3v) is 2.99. The van der Waals surface area contributed by atoms with Crippen molar-refractivity contribution in [3.63, 3.8) is 0 Å². The van der Waals surface area contributed by atoms with Crippen LogP contribution >= 0.6 is 0 Å². The summed E-state index contributed by atoms with van der Waals surface area (Å²) in [7, 11) is 0. The van der Waals surface area contributed by atoms with Crippen molar-refractivity contribution in [1.29, 1.82) is 10.8 Å². The van der Waals surface area contributed by atoms with Crippen LogP contribution in [0.5, 0.6) is 0 Å². The number of hydrogen-bond acceptors (Lipinski definition) is 4. The van der Waals surface area contributed by atoms with Gasteiger partial charge in [0.1, 0.15) is 0 Å². The third kappa shape index (κ3) is 6.26. The molecule has 0 aliphatic rings. The number of rotatable bonds is 2. The van der Waals surface area contributed by atoms with Gasteiger partial charge in [0.15, 0.2) is 0 Å². The molecule has 0 amide bonds. The SMILES string of the molecule is CC(C)(c1ccccc1)c1ccccc1.N=C=O.N=C=O.